The van der Waals surface area contributed by atoms with Crippen LogP contribution in [0.3, 0.4) is 0 Å². The minimum atomic E-state index is -0.187. The molecule has 0 radical (unpaired) electrons. The van der Waals surface area contributed by atoms with Gasteiger partial charge in [0.2, 0.25) is 5.91 Å². The smallest absolute Gasteiger partial charge is 0.319 e. The third-order valence-electron chi connectivity index (χ3n) is 3.36. The van der Waals surface area contributed by atoms with E-state index in [2.05, 4.69) is 33.2 Å². The van der Waals surface area contributed by atoms with Crippen LogP contribution >= 0.6 is 22.6 Å². The first-order chi connectivity index (χ1) is 9.54. The van der Waals surface area contributed by atoms with Crippen molar-refractivity contribution in [2.75, 3.05) is 18.4 Å². The zero-order valence-corrected chi connectivity index (χ0v) is 13.5. The van der Waals surface area contributed by atoms with E-state index in [-0.39, 0.29) is 18.0 Å². The van der Waals surface area contributed by atoms with Crippen molar-refractivity contribution in [2.24, 2.45) is 0 Å². The molecule has 0 spiro atoms. The molecule has 0 saturated carbocycles. The van der Waals surface area contributed by atoms with Gasteiger partial charge in [-0.05, 0) is 53.6 Å². The van der Waals surface area contributed by atoms with E-state index in [9.17, 15) is 9.59 Å². The molecule has 2 N–H and O–H groups in total. The zero-order chi connectivity index (χ0) is 14.5. The molecule has 0 aromatic heterocycles. The number of likely N-dealkylation sites (tertiary alicyclic amines) is 1. The van der Waals surface area contributed by atoms with Gasteiger partial charge in [-0.25, -0.2) is 4.79 Å². The highest BCUT2D eigenvalue weighted by Gasteiger charge is 2.21. The summed E-state index contributed by atoms with van der Waals surface area (Å²) in [5.41, 5.74) is 0.788. The summed E-state index contributed by atoms with van der Waals surface area (Å²) in [5, 5.41) is 5.78. The Morgan fingerprint density at radius 3 is 2.60 bits per heavy atom. The van der Waals surface area contributed by atoms with Crippen molar-refractivity contribution in [3.63, 3.8) is 0 Å². The summed E-state index contributed by atoms with van der Waals surface area (Å²) in [7, 11) is 0. The minimum absolute atomic E-state index is 0.103. The highest BCUT2D eigenvalue weighted by atomic mass is 127. The van der Waals surface area contributed by atoms with Crippen LogP contribution in [0.15, 0.2) is 24.3 Å². The lowest BCUT2D eigenvalue weighted by atomic mass is 10.1. The van der Waals surface area contributed by atoms with Gasteiger partial charge < -0.3 is 15.5 Å². The van der Waals surface area contributed by atoms with Gasteiger partial charge in [0.15, 0.2) is 0 Å². The van der Waals surface area contributed by atoms with Crippen LogP contribution < -0.4 is 10.6 Å². The molecule has 1 fully saturated rings. The average molecular weight is 387 g/mol. The molecule has 1 heterocycles. The maximum Gasteiger partial charge on any atom is 0.319 e. The number of anilines is 1. The predicted octanol–water partition coefficient (Wildman–Crippen LogP) is 2.42. The Labute approximate surface area is 132 Å². The van der Waals surface area contributed by atoms with Crippen LogP contribution in [0, 0.1) is 3.57 Å². The van der Waals surface area contributed by atoms with Crippen LogP contribution in [-0.2, 0) is 4.79 Å². The largest absolute Gasteiger partial charge is 0.343 e. The van der Waals surface area contributed by atoms with Gasteiger partial charge in [0, 0.05) is 35.3 Å². The van der Waals surface area contributed by atoms with Crippen molar-refractivity contribution in [2.45, 2.75) is 25.8 Å². The van der Waals surface area contributed by atoms with Crippen molar-refractivity contribution in [3.8, 4) is 0 Å². The Hall–Kier alpha value is -1.31. The lowest BCUT2D eigenvalue weighted by Gasteiger charge is -2.31. The number of carbonyl (C=O) groups excluding carboxylic acids is 2. The Bertz CT molecular complexity index is 499. The quantitative estimate of drug-likeness (QED) is 0.766. The van der Waals surface area contributed by atoms with E-state index >= 15 is 0 Å². The highest BCUT2D eigenvalue weighted by Crippen LogP contribution is 2.13. The van der Waals surface area contributed by atoms with Crippen LogP contribution in [0.4, 0.5) is 10.5 Å². The van der Waals surface area contributed by atoms with E-state index in [0.29, 0.717) is 13.1 Å². The van der Waals surface area contributed by atoms with E-state index in [0.717, 1.165) is 22.1 Å². The Balaban J connectivity index is 1.80. The maximum absolute atomic E-state index is 11.9. The number of hydrogen-bond acceptors (Lipinski definition) is 2. The Morgan fingerprint density at radius 1 is 1.30 bits per heavy atom. The number of urea groups is 1. The number of hydrogen-bond donors (Lipinski definition) is 2. The lowest BCUT2D eigenvalue weighted by molar-refractivity contribution is -0.129. The standard InChI is InChI=1S/C14H18IN3O2/c1-10(19)18-7-5-12(6-8-18)16-14(20)17-13-4-2-3-11(15)9-13/h2-4,9,12H,5-8H2,1H3,(H2,16,17,20). The van der Waals surface area contributed by atoms with Gasteiger partial charge in [-0.1, -0.05) is 6.07 Å². The van der Waals surface area contributed by atoms with E-state index in [1.807, 2.05) is 29.2 Å². The first-order valence-corrected chi connectivity index (χ1v) is 7.71. The molecule has 2 rings (SSSR count). The number of halogens is 1. The van der Waals surface area contributed by atoms with Crippen molar-refractivity contribution in [1.82, 2.24) is 10.2 Å². The first-order valence-electron chi connectivity index (χ1n) is 6.63. The number of nitrogens with zero attached hydrogens (tertiary/aromatic N) is 1. The van der Waals surface area contributed by atoms with Gasteiger partial charge in [0.1, 0.15) is 0 Å². The molecule has 0 bridgehead atoms. The van der Waals surface area contributed by atoms with Crippen molar-refractivity contribution >= 4 is 40.2 Å². The average Bonchev–Trinajstić information content (AvgIpc) is 2.39. The fourth-order valence-corrected chi connectivity index (χ4v) is 2.80. The molecule has 1 aromatic rings. The lowest BCUT2D eigenvalue weighted by Crippen LogP contribution is -2.47. The molecule has 1 aromatic carbocycles. The summed E-state index contributed by atoms with van der Waals surface area (Å²) in [6.07, 6.45) is 1.61. The number of benzene rings is 1. The van der Waals surface area contributed by atoms with Crippen LogP contribution in [0.2, 0.25) is 0 Å². The van der Waals surface area contributed by atoms with E-state index in [1.165, 1.54) is 0 Å². The zero-order valence-electron chi connectivity index (χ0n) is 11.4. The molecular formula is C14H18IN3O2. The summed E-state index contributed by atoms with van der Waals surface area (Å²) < 4.78 is 1.08. The summed E-state index contributed by atoms with van der Waals surface area (Å²) in [4.78, 5) is 24.9. The number of amides is 3. The molecule has 0 aliphatic carbocycles. The molecule has 6 heteroatoms. The Morgan fingerprint density at radius 2 is 2.00 bits per heavy atom. The van der Waals surface area contributed by atoms with Gasteiger partial charge in [0.25, 0.3) is 0 Å². The van der Waals surface area contributed by atoms with E-state index in [4.69, 9.17) is 0 Å². The summed E-state index contributed by atoms with van der Waals surface area (Å²) >= 11 is 2.21. The number of nitrogens with one attached hydrogen (secondary N) is 2. The maximum atomic E-state index is 11.9. The second-order valence-electron chi connectivity index (χ2n) is 4.89. The summed E-state index contributed by atoms with van der Waals surface area (Å²) in [5.74, 6) is 0.103. The monoisotopic (exact) mass is 387 g/mol. The van der Waals surface area contributed by atoms with Gasteiger partial charge >= 0.3 is 6.03 Å². The summed E-state index contributed by atoms with van der Waals surface area (Å²) in [6, 6.07) is 7.60. The van der Waals surface area contributed by atoms with Crippen LogP contribution in [0.5, 0.6) is 0 Å². The van der Waals surface area contributed by atoms with Crippen LogP contribution in [0.25, 0.3) is 0 Å². The Kier molecular flexibility index (Phi) is 5.22. The van der Waals surface area contributed by atoms with E-state index < -0.39 is 0 Å². The molecule has 3 amide bonds. The molecule has 1 aliphatic heterocycles. The van der Waals surface area contributed by atoms with Crippen LogP contribution in [0.1, 0.15) is 19.8 Å². The van der Waals surface area contributed by atoms with Crippen molar-refractivity contribution in [1.29, 1.82) is 0 Å². The number of rotatable bonds is 2. The molecule has 108 valence electrons. The minimum Gasteiger partial charge on any atom is -0.343 e. The fourth-order valence-electron chi connectivity index (χ4n) is 2.26. The fraction of sp³-hybridized carbons (Fsp3) is 0.429. The molecule has 1 aliphatic rings. The topological polar surface area (TPSA) is 61.4 Å². The first kappa shape index (κ1) is 15.1. The molecular weight excluding hydrogens is 369 g/mol. The van der Waals surface area contributed by atoms with Crippen LogP contribution in [-0.4, -0.2) is 36.0 Å². The van der Waals surface area contributed by atoms with Gasteiger partial charge in [-0.2, -0.15) is 0 Å². The van der Waals surface area contributed by atoms with Gasteiger partial charge in [-0.3, -0.25) is 4.79 Å². The molecule has 0 unspecified atom stereocenters. The van der Waals surface area contributed by atoms with Gasteiger partial charge in [-0.15, -0.1) is 0 Å². The highest BCUT2D eigenvalue weighted by molar-refractivity contribution is 14.1. The molecule has 5 nitrogen and oxygen atoms in total. The van der Waals surface area contributed by atoms with E-state index in [1.54, 1.807) is 6.92 Å². The molecule has 1 saturated heterocycles. The predicted molar refractivity (Wildman–Crippen MR) is 86.6 cm³/mol. The second-order valence-corrected chi connectivity index (χ2v) is 6.13. The normalized spacial score (nSPS) is 15.8. The third-order valence-corrected chi connectivity index (χ3v) is 4.03. The number of piperidine rings is 1. The third kappa shape index (κ3) is 4.36. The SMILES string of the molecule is CC(=O)N1CCC(NC(=O)Nc2cccc(I)c2)CC1. The number of carbonyl (C=O) groups is 2. The van der Waals surface area contributed by atoms with Gasteiger partial charge in [0.05, 0.1) is 0 Å². The van der Waals surface area contributed by atoms with Crippen molar-refractivity contribution < 1.29 is 9.59 Å². The summed E-state index contributed by atoms with van der Waals surface area (Å²) in [6.45, 7) is 3.00. The van der Waals surface area contributed by atoms with Crippen molar-refractivity contribution in [3.05, 3.63) is 27.8 Å². The molecule has 0 atom stereocenters. The second kappa shape index (κ2) is 6.92. The molecule has 20 heavy (non-hydrogen) atoms.